The van der Waals surface area contributed by atoms with Crippen molar-refractivity contribution >= 4 is 52.8 Å². The Bertz CT molecular complexity index is 1240. The van der Waals surface area contributed by atoms with Crippen molar-refractivity contribution in [3.8, 4) is 0 Å². The van der Waals surface area contributed by atoms with Crippen molar-refractivity contribution in [2.45, 2.75) is 64.9 Å². The van der Waals surface area contributed by atoms with Crippen molar-refractivity contribution in [3.05, 3.63) is 40.9 Å². The number of carboxylic acid groups (broad SMARTS) is 1. The van der Waals surface area contributed by atoms with Gasteiger partial charge in [-0.15, -0.1) is 0 Å². The van der Waals surface area contributed by atoms with Gasteiger partial charge in [-0.25, -0.2) is 19.7 Å². The van der Waals surface area contributed by atoms with E-state index < -0.39 is 14.2 Å². The minimum Gasteiger partial charge on any atom is -0.465 e. The van der Waals surface area contributed by atoms with E-state index in [1.165, 1.54) is 4.90 Å². The van der Waals surface area contributed by atoms with Crippen molar-refractivity contribution in [1.82, 2.24) is 24.4 Å². The highest BCUT2D eigenvalue weighted by atomic mass is 79.9. The second kappa shape index (κ2) is 11.4. The summed E-state index contributed by atoms with van der Waals surface area (Å²) in [7, 11) is -1.13. The van der Waals surface area contributed by atoms with Crippen LogP contribution in [0.15, 0.2) is 35.2 Å². The summed E-state index contributed by atoms with van der Waals surface area (Å²) in [6.45, 7) is 13.7. The molecule has 3 aromatic rings. The van der Waals surface area contributed by atoms with E-state index in [1.807, 2.05) is 36.7 Å². The predicted molar refractivity (Wildman–Crippen MR) is 152 cm³/mol. The van der Waals surface area contributed by atoms with Crippen molar-refractivity contribution in [1.29, 1.82) is 0 Å². The van der Waals surface area contributed by atoms with Crippen LogP contribution in [0, 0.1) is 0 Å². The normalized spacial score (nSPS) is 18.4. The van der Waals surface area contributed by atoms with E-state index in [-0.39, 0.29) is 12.1 Å². The number of anilines is 2. The number of pyridine rings is 1. The molecule has 2 N–H and O–H groups in total. The minimum absolute atomic E-state index is 0.141. The maximum atomic E-state index is 11.6. The average molecular weight is 591 g/mol. The number of halogens is 1. The zero-order chi connectivity index (χ0) is 26.7. The Morgan fingerprint density at radius 2 is 1.89 bits per heavy atom. The van der Waals surface area contributed by atoms with E-state index >= 15 is 0 Å². The van der Waals surface area contributed by atoms with Crippen LogP contribution in [0.5, 0.6) is 0 Å². The summed E-state index contributed by atoms with van der Waals surface area (Å²) in [4.78, 5) is 28.9. The summed E-state index contributed by atoms with van der Waals surface area (Å²) >= 11 is 3.70. The fourth-order valence-corrected chi connectivity index (χ4v) is 6.03. The third kappa shape index (κ3) is 6.60. The minimum atomic E-state index is -1.13. The highest BCUT2D eigenvalue weighted by molar-refractivity contribution is 9.10. The molecule has 200 valence electrons. The highest BCUT2D eigenvalue weighted by Gasteiger charge is 2.33. The molecule has 0 aromatic carbocycles. The average Bonchev–Trinajstić information content (AvgIpc) is 3.15. The van der Waals surface area contributed by atoms with Crippen LogP contribution < -0.4 is 10.2 Å². The molecule has 0 radical (unpaired) electrons. The van der Waals surface area contributed by atoms with Gasteiger partial charge in [0, 0.05) is 56.5 Å². The van der Waals surface area contributed by atoms with Gasteiger partial charge in [0.1, 0.15) is 12.4 Å². The van der Waals surface area contributed by atoms with Crippen LogP contribution in [0.3, 0.4) is 0 Å². The van der Waals surface area contributed by atoms with Crippen LogP contribution in [0.1, 0.15) is 19.5 Å². The first-order valence-electron chi connectivity index (χ1n) is 12.6. The van der Waals surface area contributed by atoms with Gasteiger partial charge in [-0.05, 0) is 48.0 Å². The largest absolute Gasteiger partial charge is 0.465 e. The van der Waals surface area contributed by atoms with Crippen molar-refractivity contribution in [2.24, 2.45) is 0 Å². The molecule has 0 aliphatic carbocycles. The number of carbonyl (C=O) groups is 1. The molecule has 0 unspecified atom stereocenters. The molecular formula is C25H36BrN7O3Si. The molecule has 0 bridgehead atoms. The number of hydrogen-bond donors (Lipinski definition) is 2. The van der Waals surface area contributed by atoms with Crippen molar-refractivity contribution in [2.75, 3.05) is 29.9 Å². The molecule has 1 aliphatic heterocycles. The second-order valence-corrected chi connectivity index (χ2v) is 17.3. The van der Waals surface area contributed by atoms with Crippen LogP contribution in [0.2, 0.25) is 25.7 Å². The van der Waals surface area contributed by atoms with Gasteiger partial charge in [-0.3, -0.25) is 4.90 Å². The van der Waals surface area contributed by atoms with E-state index in [1.54, 1.807) is 12.4 Å². The lowest BCUT2D eigenvalue weighted by molar-refractivity contribution is 0.0898. The maximum absolute atomic E-state index is 11.6. The van der Waals surface area contributed by atoms with Gasteiger partial charge >= 0.3 is 6.09 Å². The first-order chi connectivity index (χ1) is 17.5. The summed E-state index contributed by atoms with van der Waals surface area (Å²) in [5, 5.41) is 14.0. The Hall–Kier alpha value is -2.70. The molecule has 4 heterocycles. The zero-order valence-electron chi connectivity index (χ0n) is 22.1. The standard InChI is InChI=1S/C25H36BrN7O3Si/c1-17-13-31(14-18(2)33(17)25(34)35)24-28-8-6-19(30-24)12-29-21-7-9-27-23-22(21)20(26)15-32(23)16-36-10-11-37(3,4)5/h6-9,15,17-18H,10-14,16H2,1-5H3,(H,27,29)(H,34,35)/t17-,18+. The fraction of sp³-hybridized carbons (Fsp3) is 0.520. The lowest BCUT2D eigenvalue weighted by Crippen LogP contribution is -2.58. The van der Waals surface area contributed by atoms with Gasteiger partial charge in [0.15, 0.2) is 0 Å². The summed E-state index contributed by atoms with van der Waals surface area (Å²) in [5.74, 6) is 0.616. The first kappa shape index (κ1) is 27.3. The molecule has 1 saturated heterocycles. The van der Waals surface area contributed by atoms with Gasteiger partial charge < -0.3 is 24.6 Å². The van der Waals surface area contributed by atoms with Crippen LogP contribution in [0.25, 0.3) is 11.0 Å². The third-order valence-corrected chi connectivity index (χ3v) is 8.83. The number of piperazine rings is 1. The predicted octanol–water partition coefficient (Wildman–Crippen LogP) is 5.09. The second-order valence-electron chi connectivity index (χ2n) is 10.8. The number of nitrogens with one attached hydrogen (secondary N) is 1. The molecule has 0 spiro atoms. The zero-order valence-corrected chi connectivity index (χ0v) is 24.7. The molecule has 37 heavy (non-hydrogen) atoms. The molecule has 1 aliphatic rings. The Morgan fingerprint density at radius 1 is 1.19 bits per heavy atom. The Kier molecular flexibility index (Phi) is 8.39. The lowest BCUT2D eigenvalue weighted by atomic mass is 10.1. The molecule has 0 saturated carbocycles. The summed E-state index contributed by atoms with van der Waals surface area (Å²) in [6.07, 6.45) is 4.68. The lowest BCUT2D eigenvalue weighted by Gasteiger charge is -2.42. The maximum Gasteiger partial charge on any atom is 0.407 e. The number of aromatic nitrogens is 4. The molecule has 4 rings (SSSR count). The molecule has 10 nitrogen and oxygen atoms in total. The molecule has 3 aromatic heterocycles. The topological polar surface area (TPSA) is 109 Å². The smallest absolute Gasteiger partial charge is 0.407 e. The van der Waals surface area contributed by atoms with Gasteiger partial charge in [-0.2, -0.15) is 0 Å². The van der Waals surface area contributed by atoms with Gasteiger partial charge in [0.25, 0.3) is 0 Å². The Balaban J connectivity index is 1.44. The fourth-order valence-electron chi connectivity index (χ4n) is 4.64. The number of hydrogen-bond acceptors (Lipinski definition) is 7. The highest BCUT2D eigenvalue weighted by Crippen LogP contribution is 2.32. The van der Waals surface area contributed by atoms with E-state index in [0.29, 0.717) is 32.3 Å². The third-order valence-electron chi connectivity index (χ3n) is 6.52. The van der Waals surface area contributed by atoms with Gasteiger partial charge in [0.2, 0.25) is 5.95 Å². The van der Waals surface area contributed by atoms with Crippen molar-refractivity contribution < 1.29 is 14.6 Å². The van der Waals surface area contributed by atoms with Crippen LogP contribution >= 0.6 is 15.9 Å². The van der Waals surface area contributed by atoms with E-state index in [9.17, 15) is 9.90 Å². The van der Waals surface area contributed by atoms with Crippen LogP contribution in [0.4, 0.5) is 16.4 Å². The Morgan fingerprint density at radius 3 is 2.57 bits per heavy atom. The number of fused-ring (bicyclic) bond motifs is 1. The molecule has 1 amide bonds. The summed E-state index contributed by atoms with van der Waals surface area (Å²) in [6, 6.07) is 4.69. The molecule has 1 fully saturated rings. The number of ether oxygens (including phenoxy) is 1. The Labute approximate surface area is 227 Å². The van der Waals surface area contributed by atoms with Gasteiger partial charge in [-0.1, -0.05) is 19.6 Å². The van der Waals surface area contributed by atoms with Crippen LogP contribution in [-0.4, -0.2) is 75.5 Å². The van der Waals surface area contributed by atoms with E-state index in [0.717, 1.165) is 39.5 Å². The molecular weight excluding hydrogens is 554 g/mol. The van der Waals surface area contributed by atoms with Crippen LogP contribution in [-0.2, 0) is 18.0 Å². The first-order valence-corrected chi connectivity index (χ1v) is 17.1. The summed E-state index contributed by atoms with van der Waals surface area (Å²) in [5.41, 5.74) is 2.66. The summed E-state index contributed by atoms with van der Waals surface area (Å²) < 4.78 is 8.93. The van der Waals surface area contributed by atoms with Crippen molar-refractivity contribution in [3.63, 3.8) is 0 Å². The van der Waals surface area contributed by atoms with E-state index in [2.05, 4.69) is 55.8 Å². The number of nitrogens with zero attached hydrogens (tertiary/aromatic N) is 6. The number of amides is 1. The quantitative estimate of drug-likeness (QED) is 0.262. The molecule has 12 heteroatoms. The monoisotopic (exact) mass is 589 g/mol. The SMILES string of the molecule is C[C@@H]1CN(c2nccc(CNc3ccnc4c3c(Br)cn4COCC[Si](C)(C)C)n2)C[C@H](C)N1C(=O)O. The van der Waals surface area contributed by atoms with Gasteiger partial charge in [0.05, 0.1) is 29.7 Å². The molecule has 2 atom stereocenters. The number of rotatable bonds is 9. The van der Waals surface area contributed by atoms with E-state index in [4.69, 9.17) is 9.72 Å².